The molecule has 0 bridgehead atoms. The molecule has 6 heteroatoms. The van der Waals surface area contributed by atoms with Crippen molar-refractivity contribution in [2.24, 2.45) is 0 Å². The van der Waals surface area contributed by atoms with Crippen LogP contribution in [0.3, 0.4) is 0 Å². The average Bonchev–Trinajstić information content (AvgIpc) is 3.43. The van der Waals surface area contributed by atoms with Crippen LogP contribution in [0.4, 0.5) is 0 Å². The maximum atomic E-state index is 12.9. The van der Waals surface area contributed by atoms with E-state index in [2.05, 4.69) is 10.4 Å². The molecule has 4 aromatic rings. The van der Waals surface area contributed by atoms with Gasteiger partial charge >= 0.3 is 0 Å². The number of nitrogens with one attached hydrogen (secondary N) is 1. The number of para-hydroxylation sites is 1. The number of ether oxygens (including phenoxy) is 1. The van der Waals surface area contributed by atoms with Crippen molar-refractivity contribution in [2.75, 3.05) is 7.11 Å². The van der Waals surface area contributed by atoms with Crippen LogP contribution in [0.25, 0.3) is 16.9 Å². The molecule has 6 nitrogen and oxygen atoms in total. The van der Waals surface area contributed by atoms with Crippen molar-refractivity contribution in [1.82, 2.24) is 15.1 Å². The van der Waals surface area contributed by atoms with Gasteiger partial charge in [-0.2, -0.15) is 5.10 Å². The van der Waals surface area contributed by atoms with E-state index in [0.717, 1.165) is 17.0 Å². The van der Waals surface area contributed by atoms with Gasteiger partial charge in [0.15, 0.2) is 0 Å². The van der Waals surface area contributed by atoms with Gasteiger partial charge in [-0.15, -0.1) is 0 Å². The molecular weight excluding hydrogens is 354 g/mol. The summed E-state index contributed by atoms with van der Waals surface area (Å²) in [4.78, 5) is 12.9. The van der Waals surface area contributed by atoms with E-state index in [1.165, 1.54) is 0 Å². The Morgan fingerprint density at radius 1 is 1.07 bits per heavy atom. The smallest absolute Gasteiger partial charge is 0.270 e. The number of nitrogens with zero attached hydrogens (tertiary/aromatic N) is 2. The normalized spacial score (nSPS) is 10.6. The van der Waals surface area contributed by atoms with Crippen LogP contribution in [-0.2, 0) is 6.54 Å². The second-order valence-corrected chi connectivity index (χ2v) is 6.16. The Bertz CT molecular complexity index is 1070. The average molecular weight is 373 g/mol. The van der Waals surface area contributed by atoms with Crippen LogP contribution < -0.4 is 10.1 Å². The number of amides is 1. The van der Waals surface area contributed by atoms with Gasteiger partial charge in [-0.05, 0) is 42.5 Å². The van der Waals surface area contributed by atoms with Gasteiger partial charge in [-0.1, -0.05) is 30.3 Å². The van der Waals surface area contributed by atoms with Crippen LogP contribution in [0.15, 0.2) is 83.5 Å². The minimum Gasteiger partial charge on any atom is -0.497 e. The number of hydrogen-bond donors (Lipinski definition) is 1. The molecule has 4 rings (SSSR count). The molecule has 2 aromatic carbocycles. The van der Waals surface area contributed by atoms with Crippen LogP contribution in [0.2, 0.25) is 0 Å². The molecule has 0 spiro atoms. The monoisotopic (exact) mass is 373 g/mol. The van der Waals surface area contributed by atoms with Crippen molar-refractivity contribution in [3.05, 3.63) is 90.5 Å². The molecule has 140 valence electrons. The van der Waals surface area contributed by atoms with E-state index in [1.807, 2.05) is 60.7 Å². The summed E-state index contributed by atoms with van der Waals surface area (Å²) in [6, 6.07) is 22.5. The van der Waals surface area contributed by atoms with Crippen LogP contribution >= 0.6 is 0 Å². The van der Waals surface area contributed by atoms with E-state index in [1.54, 1.807) is 30.2 Å². The maximum absolute atomic E-state index is 12.9. The van der Waals surface area contributed by atoms with E-state index >= 15 is 0 Å². The summed E-state index contributed by atoms with van der Waals surface area (Å²) in [6.45, 7) is 0.306. The predicted molar refractivity (Wildman–Crippen MR) is 105 cm³/mol. The summed E-state index contributed by atoms with van der Waals surface area (Å²) in [5.41, 5.74) is 2.80. The van der Waals surface area contributed by atoms with Crippen LogP contribution in [0, 0.1) is 0 Å². The molecule has 0 aliphatic rings. The summed E-state index contributed by atoms with van der Waals surface area (Å²) in [5, 5.41) is 7.55. The molecular formula is C22H19N3O3. The molecule has 1 N–H and O–H groups in total. The SMILES string of the molecule is COc1cccc(-c2cc(C(=O)NCc3ccco3)n(-c3ccccc3)n2)c1. The van der Waals surface area contributed by atoms with E-state index in [0.29, 0.717) is 23.7 Å². The number of furan rings is 1. The Kier molecular flexibility index (Phi) is 4.93. The first kappa shape index (κ1) is 17.6. The number of hydrogen-bond acceptors (Lipinski definition) is 4. The second-order valence-electron chi connectivity index (χ2n) is 6.16. The summed E-state index contributed by atoms with van der Waals surface area (Å²) in [5.74, 6) is 1.18. The van der Waals surface area contributed by atoms with Gasteiger partial charge in [0.2, 0.25) is 0 Å². The fourth-order valence-electron chi connectivity index (χ4n) is 2.90. The summed E-state index contributed by atoms with van der Waals surface area (Å²) in [6.07, 6.45) is 1.58. The van der Waals surface area contributed by atoms with Gasteiger partial charge < -0.3 is 14.5 Å². The van der Waals surface area contributed by atoms with Gasteiger partial charge in [0, 0.05) is 5.56 Å². The lowest BCUT2D eigenvalue weighted by atomic mass is 10.1. The molecule has 2 heterocycles. The second kappa shape index (κ2) is 7.84. The summed E-state index contributed by atoms with van der Waals surface area (Å²) >= 11 is 0. The molecule has 0 radical (unpaired) electrons. The highest BCUT2D eigenvalue weighted by Gasteiger charge is 2.18. The standard InChI is InChI=1S/C22H19N3O3/c1-27-18-10-5-7-16(13-18)20-14-21(22(26)23-15-19-11-6-12-28-19)25(24-20)17-8-3-2-4-9-17/h2-14H,15H2,1H3,(H,23,26). The third-order valence-corrected chi connectivity index (χ3v) is 4.31. The molecule has 0 fully saturated rings. The van der Waals surface area contributed by atoms with Crippen molar-refractivity contribution in [3.8, 4) is 22.7 Å². The molecule has 0 atom stereocenters. The Balaban J connectivity index is 1.70. The van der Waals surface area contributed by atoms with Crippen molar-refractivity contribution in [3.63, 3.8) is 0 Å². The first-order chi connectivity index (χ1) is 13.7. The zero-order chi connectivity index (χ0) is 19.3. The van der Waals surface area contributed by atoms with Crippen molar-refractivity contribution in [1.29, 1.82) is 0 Å². The lowest BCUT2D eigenvalue weighted by molar-refractivity contribution is 0.0940. The molecule has 0 unspecified atom stereocenters. The zero-order valence-corrected chi connectivity index (χ0v) is 15.3. The molecule has 0 saturated heterocycles. The highest BCUT2D eigenvalue weighted by Crippen LogP contribution is 2.25. The topological polar surface area (TPSA) is 69.3 Å². The third-order valence-electron chi connectivity index (χ3n) is 4.31. The van der Waals surface area contributed by atoms with Crippen molar-refractivity contribution < 1.29 is 13.9 Å². The Labute approximate surface area is 162 Å². The number of aromatic nitrogens is 2. The molecule has 2 aromatic heterocycles. The fraction of sp³-hybridized carbons (Fsp3) is 0.0909. The Hall–Kier alpha value is -3.80. The van der Waals surface area contributed by atoms with Crippen molar-refractivity contribution >= 4 is 5.91 Å². The highest BCUT2D eigenvalue weighted by atomic mass is 16.5. The number of methoxy groups -OCH3 is 1. The highest BCUT2D eigenvalue weighted by molar-refractivity contribution is 5.94. The Morgan fingerprint density at radius 3 is 2.68 bits per heavy atom. The van der Waals surface area contributed by atoms with Crippen LogP contribution in [0.1, 0.15) is 16.2 Å². The van der Waals surface area contributed by atoms with Gasteiger partial charge in [-0.25, -0.2) is 4.68 Å². The first-order valence-electron chi connectivity index (χ1n) is 8.85. The van der Waals surface area contributed by atoms with Gasteiger partial charge in [0.25, 0.3) is 5.91 Å². The molecule has 0 saturated carbocycles. The third kappa shape index (κ3) is 3.66. The quantitative estimate of drug-likeness (QED) is 0.553. The van der Waals surface area contributed by atoms with E-state index in [-0.39, 0.29) is 5.91 Å². The minimum absolute atomic E-state index is 0.234. The molecule has 0 aliphatic carbocycles. The van der Waals surface area contributed by atoms with E-state index in [9.17, 15) is 4.79 Å². The minimum atomic E-state index is -0.234. The lowest BCUT2D eigenvalue weighted by Crippen LogP contribution is -2.25. The van der Waals surface area contributed by atoms with Gasteiger partial charge in [-0.3, -0.25) is 4.79 Å². The van der Waals surface area contributed by atoms with Gasteiger partial charge in [0.05, 0.1) is 31.3 Å². The number of benzene rings is 2. The number of carbonyl (C=O) groups is 1. The molecule has 0 aliphatic heterocycles. The Morgan fingerprint density at radius 2 is 1.93 bits per heavy atom. The van der Waals surface area contributed by atoms with Gasteiger partial charge in [0.1, 0.15) is 17.2 Å². The van der Waals surface area contributed by atoms with E-state index < -0.39 is 0 Å². The predicted octanol–water partition coefficient (Wildman–Crippen LogP) is 4.07. The first-order valence-corrected chi connectivity index (χ1v) is 8.85. The van der Waals surface area contributed by atoms with Crippen LogP contribution in [0.5, 0.6) is 5.75 Å². The van der Waals surface area contributed by atoms with Crippen LogP contribution in [-0.4, -0.2) is 22.8 Å². The number of rotatable bonds is 6. The summed E-state index contributed by atoms with van der Waals surface area (Å²) in [7, 11) is 1.62. The summed E-state index contributed by atoms with van der Waals surface area (Å²) < 4.78 is 12.2. The van der Waals surface area contributed by atoms with Crippen molar-refractivity contribution in [2.45, 2.75) is 6.54 Å². The maximum Gasteiger partial charge on any atom is 0.270 e. The van der Waals surface area contributed by atoms with E-state index in [4.69, 9.17) is 9.15 Å². The fourth-order valence-corrected chi connectivity index (χ4v) is 2.90. The molecule has 1 amide bonds. The lowest BCUT2D eigenvalue weighted by Gasteiger charge is -2.07. The largest absolute Gasteiger partial charge is 0.497 e. The molecule has 28 heavy (non-hydrogen) atoms. The zero-order valence-electron chi connectivity index (χ0n) is 15.3. The number of carbonyl (C=O) groups excluding carboxylic acids is 1.